The van der Waals surface area contributed by atoms with Crippen molar-refractivity contribution in [1.82, 2.24) is 10.2 Å². The largest absolute Gasteiger partial charge is 0.444 e. The molecule has 5 heteroatoms. The first-order valence-corrected chi connectivity index (χ1v) is 7.23. The molecule has 0 bridgehead atoms. The Morgan fingerprint density at radius 3 is 2.30 bits per heavy atom. The number of nitrogens with one attached hydrogen (secondary N) is 1. The molecule has 1 fully saturated rings. The fourth-order valence-electron chi connectivity index (χ4n) is 2.14. The van der Waals surface area contributed by atoms with Crippen LogP contribution in [-0.4, -0.2) is 41.6 Å². The third-order valence-corrected chi connectivity index (χ3v) is 2.94. The maximum atomic E-state index is 12.1. The SMILES string of the molecule is CC(C)(C)CC(=O)N1CC[C@H](NC(=O)OC(C)(C)C)C1. The molecule has 1 aliphatic rings. The van der Waals surface area contributed by atoms with Crippen LogP contribution in [0.15, 0.2) is 0 Å². The molecule has 1 atom stereocenters. The van der Waals surface area contributed by atoms with E-state index in [1.807, 2.05) is 25.7 Å². The summed E-state index contributed by atoms with van der Waals surface area (Å²) in [5.41, 5.74) is -0.502. The fraction of sp³-hybridized carbons (Fsp3) is 0.867. The molecule has 20 heavy (non-hydrogen) atoms. The second kappa shape index (κ2) is 6.02. The van der Waals surface area contributed by atoms with Crippen LogP contribution in [0.2, 0.25) is 0 Å². The number of hydrogen-bond donors (Lipinski definition) is 1. The van der Waals surface area contributed by atoms with Gasteiger partial charge >= 0.3 is 6.09 Å². The number of rotatable bonds is 2. The number of ether oxygens (including phenoxy) is 1. The molecule has 1 aliphatic heterocycles. The predicted octanol–water partition coefficient (Wildman–Crippen LogP) is 2.55. The maximum absolute atomic E-state index is 12.1. The molecule has 0 aliphatic carbocycles. The molecule has 0 aromatic rings. The van der Waals surface area contributed by atoms with Crippen LogP contribution in [0.4, 0.5) is 4.79 Å². The Labute approximate surface area is 122 Å². The highest BCUT2D eigenvalue weighted by molar-refractivity contribution is 5.77. The van der Waals surface area contributed by atoms with Crippen molar-refractivity contribution < 1.29 is 14.3 Å². The van der Waals surface area contributed by atoms with E-state index in [1.165, 1.54) is 0 Å². The molecule has 1 rings (SSSR count). The lowest BCUT2D eigenvalue weighted by Gasteiger charge is -2.24. The molecule has 0 spiro atoms. The van der Waals surface area contributed by atoms with Gasteiger partial charge in [0.25, 0.3) is 0 Å². The maximum Gasteiger partial charge on any atom is 0.407 e. The summed E-state index contributed by atoms with van der Waals surface area (Å²) in [5.74, 6) is 0.158. The van der Waals surface area contributed by atoms with Gasteiger partial charge in [-0.3, -0.25) is 4.79 Å². The van der Waals surface area contributed by atoms with Crippen LogP contribution in [0.3, 0.4) is 0 Å². The highest BCUT2D eigenvalue weighted by Crippen LogP contribution is 2.22. The number of amides is 2. The van der Waals surface area contributed by atoms with Crippen molar-refractivity contribution in [2.45, 2.75) is 66.0 Å². The molecule has 1 N–H and O–H groups in total. The standard InChI is InChI=1S/C15H28N2O3/c1-14(2,3)9-12(18)17-8-7-11(10-17)16-13(19)20-15(4,5)6/h11H,7-10H2,1-6H3,(H,16,19)/t11-/m0/s1. The van der Waals surface area contributed by atoms with Gasteiger partial charge in [0.05, 0.1) is 6.04 Å². The number of carbonyl (C=O) groups is 2. The first kappa shape index (κ1) is 16.8. The van der Waals surface area contributed by atoms with Crippen LogP contribution >= 0.6 is 0 Å². The minimum Gasteiger partial charge on any atom is -0.444 e. The van der Waals surface area contributed by atoms with E-state index in [0.717, 1.165) is 6.42 Å². The Kier molecular flexibility index (Phi) is 5.05. The summed E-state index contributed by atoms with van der Waals surface area (Å²) in [5, 5.41) is 2.83. The summed E-state index contributed by atoms with van der Waals surface area (Å²) >= 11 is 0. The Hall–Kier alpha value is -1.26. The van der Waals surface area contributed by atoms with E-state index in [0.29, 0.717) is 19.5 Å². The van der Waals surface area contributed by atoms with Gasteiger partial charge in [-0.1, -0.05) is 20.8 Å². The van der Waals surface area contributed by atoms with Crippen LogP contribution in [0.5, 0.6) is 0 Å². The molecule has 5 nitrogen and oxygen atoms in total. The quantitative estimate of drug-likeness (QED) is 0.847. The van der Waals surface area contributed by atoms with Crippen LogP contribution < -0.4 is 5.32 Å². The summed E-state index contributed by atoms with van der Waals surface area (Å²) in [6, 6.07) is -0.00577. The average Bonchev–Trinajstić information content (AvgIpc) is 2.59. The highest BCUT2D eigenvalue weighted by atomic mass is 16.6. The van der Waals surface area contributed by atoms with Gasteiger partial charge in [0.2, 0.25) is 5.91 Å². The summed E-state index contributed by atoms with van der Waals surface area (Å²) < 4.78 is 5.22. The molecule has 116 valence electrons. The van der Waals surface area contributed by atoms with Gasteiger partial charge in [-0.05, 0) is 32.6 Å². The Bertz CT molecular complexity index is 366. The number of alkyl carbamates (subject to hydrolysis) is 1. The van der Waals surface area contributed by atoms with E-state index in [-0.39, 0.29) is 17.4 Å². The van der Waals surface area contributed by atoms with Gasteiger partial charge in [0.15, 0.2) is 0 Å². The topological polar surface area (TPSA) is 58.6 Å². The van der Waals surface area contributed by atoms with E-state index in [2.05, 4.69) is 26.1 Å². The highest BCUT2D eigenvalue weighted by Gasteiger charge is 2.30. The summed E-state index contributed by atoms with van der Waals surface area (Å²) in [7, 11) is 0. The summed E-state index contributed by atoms with van der Waals surface area (Å²) in [6.07, 6.45) is 0.911. The average molecular weight is 284 g/mol. The number of nitrogens with zero attached hydrogens (tertiary/aromatic N) is 1. The second-order valence-electron chi connectivity index (χ2n) is 7.71. The van der Waals surface area contributed by atoms with Crippen molar-refractivity contribution in [3.8, 4) is 0 Å². The summed E-state index contributed by atoms with van der Waals surface area (Å²) in [6.45, 7) is 12.9. The molecular weight excluding hydrogens is 256 g/mol. The number of carbonyl (C=O) groups excluding carboxylic acids is 2. The lowest BCUT2D eigenvalue weighted by atomic mass is 9.92. The van der Waals surface area contributed by atoms with E-state index in [9.17, 15) is 9.59 Å². The van der Waals surface area contributed by atoms with Gasteiger partial charge in [-0.2, -0.15) is 0 Å². The van der Waals surface area contributed by atoms with Crippen molar-refractivity contribution in [2.24, 2.45) is 5.41 Å². The van der Waals surface area contributed by atoms with Crippen molar-refractivity contribution >= 4 is 12.0 Å². The van der Waals surface area contributed by atoms with Gasteiger partial charge < -0.3 is 15.0 Å². The zero-order valence-corrected chi connectivity index (χ0v) is 13.6. The van der Waals surface area contributed by atoms with Crippen molar-refractivity contribution in [3.63, 3.8) is 0 Å². The van der Waals surface area contributed by atoms with Gasteiger partial charge in [-0.15, -0.1) is 0 Å². The fourth-order valence-corrected chi connectivity index (χ4v) is 2.14. The van der Waals surface area contributed by atoms with Gasteiger partial charge in [0, 0.05) is 19.5 Å². The van der Waals surface area contributed by atoms with Gasteiger partial charge in [-0.25, -0.2) is 4.79 Å². The van der Waals surface area contributed by atoms with Crippen molar-refractivity contribution in [3.05, 3.63) is 0 Å². The predicted molar refractivity (Wildman–Crippen MR) is 78.4 cm³/mol. The monoisotopic (exact) mass is 284 g/mol. The molecule has 0 unspecified atom stereocenters. The third kappa shape index (κ3) is 6.26. The zero-order valence-electron chi connectivity index (χ0n) is 13.6. The van der Waals surface area contributed by atoms with E-state index >= 15 is 0 Å². The molecule has 0 aromatic heterocycles. The lowest BCUT2D eigenvalue weighted by molar-refractivity contribution is -0.132. The Morgan fingerprint density at radius 1 is 1.20 bits per heavy atom. The van der Waals surface area contributed by atoms with Crippen molar-refractivity contribution in [1.29, 1.82) is 0 Å². The lowest BCUT2D eigenvalue weighted by Crippen LogP contribution is -2.41. The van der Waals surface area contributed by atoms with Crippen LogP contribution in [0.25, 0.3) is 0 Å². The Morgan fingerprint density at radius 2 is 1.80 bits per heavy atom. The van der Waals surface area contributed by atoms with Gasteiger partial charge in [0.1, 0.15) is 5.60 Å². The zero-order chi connectivity index (χ0) is 15.6. The molecule has 1 saturated heterocycles. The number of hydrogen-bond acceptors (Lipinski definition) is 3. The van der Waals surface area contributed by atoms with E-state index in [4.69, 9.17) is 4.74 Å². The molecule has 1 heterocycles. The third-order valence-electron chi connectivity index (χ3n) is 2.94. The van der Waals surface area contributed by atoms with E-state index < -0.39 is 11.7 Å². The minimum absolute atomic E-state index is 0.00577. The molecule has 0 aromatic carbocycles. The molecule has 2 amide bonds. The van der Waals surface area contributed by atoms with Crippen LogP contribution in [0, 0.1) is 5.41 Å². The molecule has 0 radical (unpaired) electrons. The van der Waals surface area contributed by atoms with E-state index in [1.54, 1.807) is 0 Å². The first-order valence-electron chi connectivity index (χ1n) is 7.23. The second-order valence-corrected chi connectivity index (χ2v) is 7.71. The first-order chi connectivity index (χ1) is 8.96. The van der Waals surface area contributed by atoms with Crippen LogP contribution in [-0.2, 0) is 9.53 Å². The van der Waals surface area contributed by atoms with Crippen LogP contribution in [0.1, 0.15) is 54.4 Å². The van der Waals surface area contributed by atoms with Crippen molar-refractivity contribution in [2.75, 3.05) is 13.1 Å². The smallest absolute Gasteiger partial charge is 0.407 e. The summed E-state index contributed by atoms with van der Waals surface area (Å²) in [4.78, 5) is 25.6. The minimum atomic E-state index is -0.496. The number of likely N-dealkylation sites (tertiary alicyclic amines) is 1. The normalized spacial score (nSPS) is 19.9. The Balaban J connectivity index is 2.40. The molecular formula is C15H28N2O3. The molecule has 0 saturated carbocycles.